The molecule has 0 saturated carbocycles. The van der Waals surface area contributed by atoms with Crippen molar-refractivity contribution in [3.05, 3.63) is 53.6 Å². The molecule has 0 amide bonds. The van der Waals surface area contributed by atoms with Crippen molar-refractivity contribution in [1.29, 1.82) is 0 Å². The van der Waals surface area contributed by atoms with Gasteiger partial charge < -0.3 is 20.0 Å². The van der Waals surface area contributed by atoms with Gasteiger partial charge >= 0.3 is 7.60 Å². The van der Waals surface area contributed by atoms with Crippen molar-refractivity contribution in [2.75, 3.05) is 0 Å². The topological polar surface area (TPSA) is 98.0 Å². The lowest BCUT2D eigenvalue weighted by atomic mass is 10.0. The van der Waals surface area contributed by atoms with E-state index in [0.717, 1.165) is 5.56 Å². The molecular formula is C15H17O5P. The van der Waals surface area contributed by atoms with Gasteiger partial charge in [-0.15, -0.1) is 0 Å². The predicted octanol–water partition coefficient (Wildman–Crippen LogP) is 2.08. The van der Waals surface area contributed by atoms with Crippen molar-refractivity contribution in [3.63, 3.8) is 0 Å². The number of hydrogen-bond acceptors (Lipinski definition) is 3. The average Bonchev–Trinajstić information content (AvgIpc) is 2.39. The number of phenols is 2. The highest BCUT2D eigenvalue weighted by Gasteiger charge is 2.22. The van der Waals surface area contributed by atoms with E-state index >= 15 is 0 Å². The zero-order valence-electron chi connectivity index (χ0n) is 11.3. The van der Waals surface area contributed by atoms with Gasteiger partial charge in [-0.25, -0.2) is 0 Å². The van der Waals surface area contributed by atoms with Crippen molar-refractivity contribution >= 4 is 12.9 Å². The van der Waals surface area contributed by atoms with Crippen molar-refractivity contribution in [1.82, 2.24) is 0 Å². The van der Waals surface area contributed by atoms with Crippen LogP contribution in [0.25, 0.3) is 0 Å². The molecule has 0 aliphatic carbocycles. The van der Waals surface area contributed by atoms with E-state index in [1.54, 1.807) is 18.2 Å². The summed E-state index contributed by atoms with van der Waals surface area (Å²) < 4.78 is 11.4. The summed E-state index contributed by atoms with van der Waals surface area (Å²) in [5.41, 5.74) is 1.22. The van der Waals surface area contributed by atoms with E-state index in [9.17, 15) is 24.6 Å². The Morgan fingerprint density at radius 3 is 2.33 bits per heavy atom. The van der Waals surface area contributed by atoms with Crippen LogP contribution in [-0.2, 0) is 17.4 Å². The molecule has 0 aliphatic rings. The third-order valence-corrected chi connectivity index (χ3v) is 4.29. The summed E-state index contributed by atoms with van der Waals surface area (Å²) in [5.74, 6) is 0.0812. The number of aromatic hydroxyl groups is 2. The van der Waals surface area contributed by atoms with Crippen LogP contribution >= 0.6 is 7.60 Å². The van der Waals surface area contributed by atoms with Crippen LogP contribution in [0, 0.1) is 0 Å². The average molecular weight is 308 g/mol. The molecule has 2 aromatic rings. The fraction of sp³-hybridized carbons (Fsp3) is 0.200. The Morgan fingerprint density at radius 2 is 1.67 bits per heavy atom. The molecule has 0 saturated heterocycles. The molecule has 0 unspecified atom stereocenters. The quantitative estimate of drug-likeness (QED) is 0.634. The Bertz CT molecular complexity index is 678. The Kier molecular flexibility index (Phi) is 4.68. The number of phenolic OH excluding ortho intramolecular Hbond substituents is 2. The second-order valence-corrected chi connectivity index (χ2v) is 6.41. The second-order valence-electron chi connectivity index (χ2n) is 4.84. The van der Waals surface area contributed by atoms with Crippen LogP contribution in [0.1, 0.15) is 17.5 Å². The molecule has 6 heteroatoms. The molecule has 0 atom stereocenters. The second kappa shape index (κ2) is 6.31. The predicted molar refractivity (Wildman–Crippen MR) is 79.9 cm³/mol. The van der Waals surface area contributed by atoms with Crippen LogP contribution in [-0.4, -0.2) is 20.0 Å². The highest BCUT2D eigenvalue weighted by Crippen LogP contribution is 2.37. The first-order chi connectivity index (χ1) is 9.88. The first-order valence-corrected chi connectivity index (χ1v) is 8.14. The van der Waals surface area contributed by atoms with Gasteiger partial charge in [0.15, 0.2) is 0 Å². The van der Waals surface area contributed by atoms with E-state index in [-0.39, 0.29) is 22.4 Å². The van der Waals surface area contributed by atoms with Crippen LogP contribution in [0.15, 0.2) is 42.5 Å². The molecule has 2 rings (SSSR count). The van der Waals surface area contributed by atoms with Gasteiger partial charge in [-0.2, -0.15) is 0 Å². The van der Waals surface area contributed by atoms with Gasteiger partial charge in [-0.1, -0.05) is 18.2 Å². The van der Waals surface area contributed by atoms with Crippen molar-refractivity contribution < 1.29 is 24.6 Å². The molecule has 0 heterocycles. The molecule has 0 bridgehead atoms. The summed E-state index contributed by atoms with van der Waals surface area (Å²) in [6.45, 7) is 0. The Hall–Kier alpha value is -1.81. The lowest BCUT2D eigenvalue weighted by molar-refractivity contribution is 0.386. The summed E-state index contributed by atoms with van der Waals surface area (Å²) >= 11 is 0. The van der Waals surface area contributed by atoms with Gasteiger partial charge in [-0.05, 0) is 49.1 Å². The third kappa shape index (κ3) is 4.08. The summed E-state index contributed by atoms with van der Waals surface area (Å²) in [6, 6.07) is 11.0. The molecule has 0 radical (unpaired) electrons. The van der Waals surface area contributed by atoms with Gasteiger partial charge in [0.1, 0.15) is 11.5 Å². The van der Waals surface area contributed by atoms with Crippen molar-refractivity contribution in [2.45, 2.75) is 19.3 Å². The maximum atomic E-state index is 11.4. The van der Waals surface area contributed by atoms with E-state index in [2.05, 4.69) is 0 Å². The normalized spacial score (nSPS) is 11.5. The monoisotopic (exact) mass is 308 g/mol. The molecular weight excluding hydrogens is 291 g/mol. The zero-order valence-corrected chi connectivity index (χ0v) is 12.2. The van der Waals surface area contributed by atoms with Gasteiger partial charge in [0.2, 0.25) is 0 Å². The van der Waals surface area contributed by atoms with E-state index in [4.69, 9.17) is 0 Å². The van der Waals surface area contributed by atoms with Crippen LogP contribution in [0.4, 0.5) is 0 Å². The van der Waals surface area contributed by atoms with Crippen LogP contribution in [0.2, 0.25) is 0 Å². The van der Waals surface area contributed by atoms with Gasteiger partial charge in [-0.3, -0.25) is 4.57 Å². The fourth-order valence-corrected chi connectivity index (χ4v) is 3.13. The highest BCUT2D eigenvalue weighted by molar-refractivity contribution is 7.60. The van der Waals surface area contributed by atoms with Crippen molar-refractivity contribution in [3.8, 4) is 11.5 Å². The minimum Gasteiger partial charge on any atom is -0.508 e. The first-order valence-electron chi connectivity index (χ1n) is 6.53. The minimum absolute atomic E-state index is 0.105. The van der Waals surface area contributed by atoms with Gasteiger partial charge in [0.25, 0.3) is 0 Å². The first kappa shape index (κ1) is 15.6. The SMILES string of the molecule is O=P(O)(O)c1cccc(O)c1CCCc1cccc(O)c1. The van der Waals surface area contributed by atoms with Gasteiger partial charge in [0, 0.05) is 5.56 Å². The maximum Gasteiger partial charge on any atom is 0.356 e. The number of benzene rings is 2. The fourth-order valence-electron chi connectivity index (χ4n) is 2.27. The summed E-state index contributed by atoms with van der Waals surface area (Å²) in [7, 11) is -4.40. The number of hydrogen-bond donors (Lipinski definition) is 4. The number of aryl methyl sites for hydroxylation is 1. The summed E-state index contributed by atoms with van der Waals surface area (Å²) in [6.07, 6.45) is 1.60. The highest BCUT2D eigenvalue weighted by atomic mass is 31.2. The van der Waals surface area contributed by atoms with Crippen molar-refractivity contribution in [2.24, 2.45) is 0 Å². The standard InChI is InChI=1S/C15H17O5P/c16-12-6-1-4-11(10-12)5-2-7-13-14(17)8-3-9-15(13)21(18,19)20/h1,3-4,6,8-10,16-17H,2,5,7H2,(H2,18,19,20). The smallest absolute Gasteiger partial charge is 0.356 e. The molecule has 0 fully saturated rings. The van der Waals surface area contributed by atoms with Gasteiger partial charge in [0.05, 0.1) is 5.30 Å². The van der Waals surface area contributed by atoms with Crippen LogP contribution < -0.4 is 5.30 Å². The molecule has 112 valence electrons. The Morgan fingerprint density at radius 1 is 0.952 bits per heavy atom. The Labute approximate surface area is 122 Å². The van der Waals surface area contributed by atoms with Crippen LogP contribution in [0.5, 0.6) is 11.5 Å². The Balaban J connectivity index is 2.12. The molecule has 0 aliphatic heterocycles. The lowest BCUT2D eigenvalue weighted by Gasteiger charge is -2.12. The van der Waals surface area contributed by atoms with E-state index in [0.29, 0.717) is 19.3 Å². The molecule has 2 aromatic carbocycles. The van der Waals surface area contributed by atoms with E-state index < -0.39 is 7.60 Å². The minimum atomic E-state index is -4.40. The molecule has 5 nitrogen and oxygen atoms in total. The summed E-state index contributed by atoms with van der Waals surface area (Å²) in [4.78, 5) is 18.6. The maximum absolute atomic E-state index is 11.4. The molecule has 4 N–H and O–H groups in total. The third-order valence-electron chi connectivity index (χ3n) is 3.24. The lowest BCUT2D eigenvalue weighted by Crippen LogP contribution is -2.11. The van der Waals surface area contributed by atoms with Crippen LogP contribution in [0.3, 0.4) is 0 Å². The number of rotatable bonds is 5. The molecule has 0 spiro atoms. The molecule has 21 heavy (non-hydrogen) atoms. The van der Waals surface area contributed by atoms with E-state index in [1.807, 2.05) is 6.07 Å². The largest absolute Gasteiger partial charge is 0.508 e. The van der Waals surface area contributed by atoms with E-state index in [1.165, 1.54) is 18.2 Å². The summed E-state index contributed by atoms with van der Waals surface area (Å²) in [5, 5.41) is 19.1. The zero-order chi connectivity index (χ0) is 15.5. The molecule has 0 aromatic heterocycles.